The smallest absolute Gasteiger partial charge is 0.221 e. The van der Waals surface area contributed by atoms with Gasteiger partial charge < -0.3 is 10.6 Å². The van der Waals surface area contributed by atoms with Gasteiger partial charge >= 0.3 is 0 Å². The lowest BCUT2D eigenvalue weighted by atomic mass is 9.89. The van der Waals surface area contributed by atoms with Gasteiger partial charge in [-0.1, -0.05) is 19.3 Å². The first kappa shape index (κ1) is 14.8. The van der Waals surface area contributed by atoms with Gasteiger partial charge in [0, 0.05) is 45.2 Å². The number of nitrogens with one attached hydrogen (secondary N) is 2. The summed E-state index contributed by atoms with van der Waals surface area (Å²) in [6.07, 6.45) is 7.31. The largest absolute Gasteiger partial charge is 0.356 e. The van der Waals surface area contributed by atoms with Gasteiger partial charge in [0.25, 0.3) is 0 Å². The molecule has 2 rings (SSSR count). The second kappa shape index (κ2) is 7.85. The third-order valence-electron chi connectivity index (χ3n) is 4.57. The van der Waals surface area contributed by atoms with Crippen LogP contribution in [0.3, 0.4) is 0 Å². The molecule has 0 aromatic heterocycles. The fraction of sp³-hybridized carbons (Fsp3) is 0.933. The molecule has 1 heterocycles. The third-order valence-corrected chi connectivity index (χ3v) is 4.57. The van der Waals surface area contributed by atoms with E-state index >= 15 is 0 Å². The van der Waals surface area contributed by atoms with Crippen LogP contribution >= 0.6 is 0 Å². The molecule has 0 aromatic carbocycles. The van der Waals surface area contributed by atoms with Crippen LogP contribution in [0.4, 0.5) is 0 Å². The second-order valence-electron chi connectivity index (χ2n) is 6.15. The fourth-order valence-electron chi connectivity index (χ4n) is 3.24. The van der Waals surface area contributed by atoms with Gasteiger partial charge in [0.2, 0.25) is 5.91 Å². The van der Waals surface area contributed by atoms with E-state index in [0.717, 1.165) is 38.6 Å². The molecule has 1 unspecified atom stereocenters. The summed E-state index contributed by atoms with van der Waals surface area (Å²) in [5.74, 6) is 0.962. The summed E-state index contributed by atoms with van der Waals surface area (Å²) < 4.78 is 0. The standard InChI is InChI=1S/C15H29N3O/c1-13(18-9-7-16-8-10-18)11-15(19)17-12-14-5-3-2-4-6-14/h13-14,16H,2-12H2,1H3,(H,17,19). The highest BCUT2D eigenvalue weighted by Crippen LogP contribution is 2.22. The van der Waals surface area contributed by atoms with Crippen molar-refractivity contribution in [2.75, 3.05) is 32.7 Å². The zero-order valence-electron chi connectivity index (χ0n) is 12.3. The Balaban J connectivity index is 1.62. The van der Waals surface area contributed by atoms with Crippen molar-refractivity contribution in [2.24, 2.45) is 5.92 Å². The summed E-state index contributed by atoms with van der Waals surface area (Å²) >= 11 is 0. The van der Waals surface area contributed by atoms with Crippen LogP contribution in [0.25, 0.3) is 0 Å². The lowest BCUT2D eigenvalue weighted by Crippen LogP contribution is -2.48. The molecule has 1 saturated carbocycles. The van der Waals surface area contributed by atoms with Gasteiger partial charge in [-0.05, 0) is 25.7 Å². The van der Waals surface area contributed by atoms with Crippen LogP contribution in [0.5, 0.6) is 0 Å². The number of rotatable bonds is 5. The van der Waals surface area contributed by atoms with E-state index in [1.54, 1.807) is 0 Å². The Hall–Kier alpha value is -0.610. The minimum absolute atomic E-state index is 0.233. The molecule has 2 aliphatic rings. The molecule has 1 aliphatic carbocycles. The molecular weight excluding hydrogens is 238 g/mol. The van der Waals surface area contributed by atoms with Crippen molar-refractivity contribution < 1.29 is 4.79 Å². The Morgan fingerprint density at radius 1 is 1.26 bits per heavy atom. The molecule has 0 radical (unpaired) electrons. The highest BCUT2D eigenvalue weighted by molar-refractivity contribution is 5.76. The molecule has 1 aliphatic heterocycles. The van der Waals surface area contributed by atoms with Crippen molar-refractivity contribution >= 4 is 5.91 Å². The number of carbonyl (C=O) groups is 1. The summed E-state index contributed by atoms with van der Waals surface area (Å²) in [6.45, 7) is 7.30. The van der Waals surface area contributed by atoms with Gasteiger partial charge in [0.05, 0.1) is 0 Å². The maximum atomic E-state index is 12.0. The second-order valence-corrected chi connectivity index (χ2v) is 6.15. The minimum atomic E-state index is 0.233. The topological polar surface area (TPSA) is 44.4 Å². The van der Waals surface area contributed by atoms with E-state index in [9.17, 15) is 4.79 Å². The van der Waals surface area contributed by atoms with Crippen molar-refractivity contribution in [1.29, 1.82) is 0 Å². The van der Waals surface area contributed by atoms with Gasteiger partial charge in [-0.3, -0.25) is 9.69 Å². The van der Waals surface area contributed by atoms with Gasteiger partial charge in [-0.25, -0.2) is 0 Å². The van der Waals surface area contributed by atoms with Gasteiger partial charge in [-0.15, -0.1) is 0 Å². The fourth-order valence-corrected chi connectivity index (χ4v) is 3.24. The third kappa shape index (κ3) is 5.11. The molecule has 4 heteroatoms. The Kier molecular flexibility index (Phi) is 6.11. The number of hydrogen-bond acceptors (Lipinski definition) is 3. The monoisotopic (exact) mass is 267 g/mol. The molecule has 19 heavy (non-hydrogen) atoms. The Labute approximate surface area is 117 Å². The van der Waals surface area contributed by atoms with Crippen molar-refractivity contribution in [2.45, 2.75) is 51.5 Å². The molecule has 0 bridgehead atoms. The molecule has 1 atom stereocenters. The predicted molar refractivity (Wildman–Crippen MR) is 78.1 cm³/mol. The van der Waals surface area contributed by atoms with Crippen molar-refractivity contribution in [3.05, 3.63) is 0 Å². The summed E-state index contributed by atoms with van der Waals surface area (Å²) in [6, 6.07) is 0.369. The average Bonchev–Trinajstić information content (AvgIpc) is 2.47. The first-order valence-electron chi connectivity index (χ1n) is 7.97. The number of amides is 1. The summed E-state index contributed by atoms with van der Waals surface area (Å²) in [4.78, 5) is 14.4. The van der Waals surface area contributed by atoms with Gasteiger partial charge in [0.1, 0.15) is 0 Å². The number of carbonyl (C=O) groups excluding carboxylic acids is 1. The number of piperazine rings is 1. The molecule has 4 nitrogen and oxygen atoms in total. The van der Waals surface area contributed by atoms with Crippen LogP contribution in [0.15, 0.2) is 0 Å². The number of nitrogens with zero attached hydrogens (tertiary/aromatic N) is 1. The zero-order chi connectivity index (χ0) is 13.5. The highest BCUT2D eigenvalue weighted by Gasteiger charge is 2.20. The van der Waals surface area contributed by atoms with Gasteiger partial charge in [-0.2, -0.15) is 0 Å². The molecule has 2 N–H and O–H groups in total. The Morgan fingerprint density at radius 3 is 2.63 bits per heavy atom. The van der Waals surface area contributed by atoms with Crippen LogP contribution in [0.2, 0.25) is 0 Å². The molecule has 0 spiro atoms. The first-order chi connectivity index (χ1) is 9.25. The Bertz CT molecular complexity index is 271. The van der Waals surface area contributed by atoms with E-state index in [1.165, 1.54) is 32.1 Å². The summed E-state index contributed by atoms with van der Waals surface area (Å²) in [7, 11) is 0. The van der Waals surface area contributed by atoms with E-state index in [2.05, 4.69) is 22.5 Å². The minimum Gasteiger partial charge on any atom is -0.356 e. The van der Waals surface area contributed by atoms with Crippen molar-refractivity contribution in [1.82, 2.24) is 15.5 Å². The van der Waals surface area contributed by atoms with E-state index in [4.69, 9.17) is 0 Å². The SMILES string of the molecule is CC(CC(=O)NCC1CCCCC1)N1CCNCC1. The average molecular weight is 267 g/mol. The molecule has 0 aromatic rings. The molecule has 1 amide bonds. The van der Waals surface area contributed by atoms with Crippen LogP contribution in [-0.2, 0) is 4.79 Å². The molecular formula is C15H29N3O. The van der Waals surface area contributed by atoms with E-state index < -0.39 is 0 Å². The quantitative estimate of drug-likeness (QED) is 0.791. The lowest BCUT2D eigenvalue weighted by Gasteiger charge is -2.32. The predicted octanol–water partition coefficient (Wildman–Crippen LogP) is 1.37. The zero-order valence-corrected chi connectivity index (χ0v) is 12.3. The van der Waals surface area contributed by atoms with Crippen molar-refractivity contribution in [3.63, 3.8) is 0 Å². The number of hydrogen-bond donors (Lipinski definition) is 2. The van der Waals surface area contributed by atoms with Crippen LogP contribution in [0.1, 0.15) is 45.4 Å². The summed E-state index contributed by atoms with van der Waals surface area (Å²) in [5.41, 5.74) is 0. The first-order valence-corrected chi connectivity index (χ1v) is 7.97. The molecule has 110 valence electrons. The Morgan fingerprint density at radius 2 is 1.95 bits per heavy atom. The molecule has 2 fully saturated rings. The van der Waals surface area contributed by atoms with Crippen LogP contribution in [0, 0.1) is 5.92 Å². The van der Waals surface area contributed by atoms with Gasteiger partial charge in [0.15, 0.2) is 0 Å². The maximum Gasteiger partial charge on any atom is 0.221 e. The van der Waals surface area contributed by atoms with Crippen LogP contribution in [-0.4, -0.2) is 49.6 Å². The van der Waals surface area contributed by atoms with E-state index in [0.29, 0.717) is 12.5 Å². The van der Waals surface area contributed by atoms with Crippen LogP contribution < -0.4 is 10.6 Å². The normalized spacial score (nSPS) is 24.1. The maximum absolute atomic E-state index is 12.0. The van der Waals surface area contributed by atoms with Crippen molar-refractivity contribution in [3.8, 4) is 0 Å². The lowest BCUT2D eigenvalue weighted by molar-refractivity contribution is -0.122. The highest BCUT2D eigenvalue weighted by atomic mass is 16.1. The van der Waals surface area contributed by atoms with E-state index in [1.807, 2.05) is 0 Å². The molecule has 1 saturated heterocycles. The van der Waals surface area contributed by atoms with E-state index in [-0.39, 0.29) is 5.91 Å². The summed E-state index contributed by atoms with van der Waals surface area (Å²) in [5, 5.41) is 6.49.